The molecule has 20 heavy (non-hydrogen) atoms. The fourth-order valence-electron chi connectivity index (χ4n) is 1.51. The van der Waals surface area contributed by atoms with Crippen molar-refractivity contribution in [3.63, 3.8) is 0 Å². The van der Waals surface area contributed by atoms with Gasteiger partial charge < -0.3 is 4.74 Å². The zero-order chi connectivity index (χ0) is 14.4. The van der Waals surface area contributed by atoms with Crippen LogP contribution in [-0.4, -0.2) is 48.1 Å². The van der Waals surface area contributed by atoms with E-state index in [4.69, 9.17) is 0 Å². The molecule has 0 fully saturated rings. The number of tetrazole rings is 1. The highest BCUT2D eigenvalue weighted by Crippen LogP contribution is 2.18. The average Bonchev–Trinajstić information content (AvgIpc) is 3.06. The van der Waals surface area contributed by atoms with E-state index in [0.717, 1.165) is 18.8 Å². The first-order chi connectivity index (χ1) is 9.74. The van der Waals surface area contributed by atoms with Crippen molar-refractivity contribution in [3.8, 4) is 0 Å². The number of hydrogen-bond donors (Lipinski definition) is 0. The van der Waals surface area contributed by atoms with Crippen molar-refractivity contribution < 1.29 is 9.53 Å². The number of thioether (sulfide) groups is 1. The van der Waals surface area contributed by atoms with Crippen LogP contribution >= 0.6 is 11.8 Å². The van der Waals surface area contributed by atoms with Crippen LogP contribution in [0.1, 0.15) is 19.2 Å². The van der Waals surface area contributed by atoms with E-state index in [1.165, 1.54) is 29.9 Å². The molecule has 10 heteroatoms. The summed E-state index contributed by atoms with van der Waals surface area (Å²) in [5.74, 6) is 1.04. The van der Waals surface area contributed by atoms with E-state index < -0.39 is 5.97 Å². The van der Waals surface area contributed by atoms with Gasteiger partial charge >= 0.3 is 5.97 Å². The molecule has 2 rings (SSSR count). The standard InChI is InChI=1S/C10H15N7O2S/c1-3-4-16-8(11-7-12-16)6-20-10-13-14-15-17(10)5-9(18)19-2/h7H,3-6H2,1-2H3. The molecule has 2 aromatic heterocycles. The number of ether oxygens (including phenoxy) is 1. The van der Waals surface area contributed by atoms with Crippen molar-refractivity contribution >= 4 is 17.7 Å². The molecule has 2 heterocycles. The van der Waals surface area contributed by atoms with Crippen molar-refractivity contribution in [1.29, 1.82) is 0 Å². The number of carbonyl (C=O) groups excluding carboxylic acids is 1. The lowest BCUT2D eigenvalue weighted by Crippen LogP contribution is -2.14. The van der Waals surface area contributed by atoms with Gasteiger partial charge in [0.1, 0.15) is 18.7 Å². The van der Waals surface area contributed by atoms with Crippen LogP contribution in [-0.2, 0) is 28.4 Å². The molecule has 0 aliphatic heterocycles. The van der Waals surface area contributed by atoms with Gasteiger partial charge in [0.25, 0.3) is 0 Å². The number of hydrogen-bond acceptors (Lipinski definition) is 8. The Morgan fingerprint density at radius 1 is 1.45 bits per heavy atom. The highest BCUT2D eigenvalue weighted by Gasteiger charge is 2.13. The molecule has 9 nitrogen and oxygen atoms in total. The number of aryl methyl sites for hydroxylation is 1. The van der Waals surface area contributed by atoms with Crippen LogP contribution in [0.15, 0.2) is 11.5 Å². The summed E-state index contributed by atoms with van der Waals surface area (Å²) in [5, 5.41) is 15.9. The van der Waals surface area contributed by atoms with Crippen molar-refractivity contribution in [2.45, 2.75) is 37.3 Å². The second-order valence-electron chi connectivity index (χ2n) is 3.88. The summed E-state index contributed by atoms with van der Waals surface area (Å²) < 4.78 is 7.84. The van der Waals surface area contributed by atoms with E-state index in [0.29, 0.717) is 10.9 Å². The highest BCUT2D eigenvalue weighted by molar-refractivity contribution is 7.98. The van der Waals surface area contributed by atoms with Crippen LogP contribution in [0.3, 0.4) is 0 Å². The van der Waals surface area contributed by atoms with Gasteiger partial charge in [-0.05, 0) is 16.8 Å². The lowest BCUT2D eigenvalue weighted by molar-refractivity contribution is -0.141. The Hall–Kier alpha value is -1.97. The Labute approximate surface area is 119 Å². The third-order valence-corrected chi connectivity index (χ3v) is 3.42. The minimum absolute atomic E-state index is 0.00646. The molecule has 0 saturated carbocycles. The summed E-state index contributed by atoms with van der Waals surface area (Å²) >= 11 is 1.40. The minimum Gasteiger partial charge on any atom is -0.468 e. The maximum absolute atomic E-state index is 11.2. The summed E-state index contributed by atoms with van der Waals surface area (Å²) in [4.78, 5) is 15.4. The SMILES string of the molecule is CCCn1ncnc1CSc1nnnn1CC(=O)OC. The van der Waals surface area contributed by atoms with Gasteiger partial charge in [0.2, 0.25) is 5.16 Å². The fourth-order valence-corrected chi connectivity index (χ4v) is 2.34. The number of carbonyl (C=O) groups is 1. The summed E-state index contributed by atoms with van der Waals surface area (Å²) in [5.41, 5.74) is 0. The predicted molar refractivity (Wildman–Crippen MR) is 69.7 cm³/mol. The van der Waals surface area contributed by atoms with E-state index in [1.807, 2.05) is 4.68 Å². The molecule has 0 saturated heterocycles. The number of esters is 1. The first-order valence-electron chi connectivity index (χ1n) is 6.07. The number of methoxy groups -OCH3 is 1. The molecule has 0 radical (unpaired) electrons. The smallest absolute Gasteiger partial charge is 0.327 e. The largest absolute Gasteiger partial charge is 0.468 e. The van der Waals surface area contributed by atoms with Crippen molar-refractivity contribution in [2.24, 2.45) is 0 Å². The molecule has 0 aliphatic carbocycles. The Morgan fingerprint density at radius 3 is 3.05 bits per heavy atom. The molecule has 108 valence electrons. The predicted octanol–water partition coefficient (Wildman–Crippen LogP) is 0.140. The quantitative estimate of drug-likeness (QED) is 0.525. The Balaban J connectivity index is 1.98. The molecular weight excluding hydrogens is 282 g/mol. The first-order valence-corrected chi connectivity index (χ1v) is 7.05. The van der Waals surface area contributed by atoms with E-state index in [2.05, 4.69) is 37.3 Å². The fraction of sp³-hybridized carbons (Fsp3) is 0.600. The number of rotatable bonds is 7. The van der Waals surface area contributed by atoms with E-state index in [1.54, 1.807) is 0 Å². The Bertz CT molecular complexity index is 567. The van der Waals surface area contributed by atoms with Crippen LogP contribution in [0.2, 0.25) is 0 Å². The molecule has 2 aromatic rings. The second-order valence-corrected chi connectivity index (χ2v) is 4.83. The topological polar surface area (TPSA) is 101 Å². The molecule has 0 aromatic carbocycles. The van der Waals surface area contributed by atoms with Gasteiger partial charge in [0, 0.05) is 6.54 Å². The summed E-state index contributed by atoms with van der Waals surface area (Å²) in [6.07, 6.45) is 2.52. The lowest BCUT2D eigenvalue weighted by atomic mass is 10.5. The normalized spacial score (nSPS) is 10.7. The van der Waals surface area contributed by atoms with Gasteiger partial charge in [-0.2, -0.15) is 5.10 Å². The summed E-state index contributed by atoms with van der Waals surface area (Å²) in [7, 11) is 1.33. The molecular formula is C10H15N7O2S. The van der Waals surface area contributed by atoms with E-state index >= 15 is 0 Å². The molecule has 0 bridgehead atoms. The van der Waals surface area contributed by atoms with Crippen LogP contribution in [0.5, 0.6) is 0 Å². The van der Waals surface area contributed by atoms with Crippen LogP contribution in [0, 0.1) is 0 Å². The molecule has 0 aliphatic rings. The van der Waals surface area contributed by atoms with E-state index in [9.17, 15) is 4.79 Å². The number of aromatic nitrogens is 7. The Morgan fingerprint density at radius 2 is 2.30 bits per heavy atom. The third-order valence-electron chi connectivity index (χ3n) is 2.47. The van der Waals surface area contributed by atoms with Gasteiger partial charge in [0.15, 0.2) is 0 Å². The zero-order valence-electron chi connectivity index (χ0n) is 11.3. The van der Waals surface area contributed by atoms with Gasteiger partial charge in [-0.3, -0.25) is 4.79 Å². The average molecular weight is 297 g/mol. The highest BCUT2D eigenvalue weighted by atomic mass is 32.2. The van der Waals surface area contributed by atoms with Gasteiger partial charge in [0.05, 0.1) is 12.9 Å². The summed E-state index contributed by atoms with van der Waals surface area (Å²) in [6, 6.07) is 0. The zero-order valence-corrected chi connectivity index (χ0v) is 12.1. The van der Waals surface area contributed by atoms with Gasteiger partial charge in [-0.25, -0.2) is 14.3 Å². The molecule has 0 amide bonds. The van der Waals surface area contributed by atoms with Gasteiger partial charge in [-0.15, -0.1) is 5.10 Å². The molecule has 0 unspecified atom stereocenters. The maximum atomic E-state index is 11.2. The number of nitrogens with zero attached hydrogens (tertiary/aromatic N) is 7. The van der Waals surface area contributed by atoms with Crippen LogP contribution in [0.25, 0.3) is 0 Å². The van der Waals surface area contributed by atoms with Crippen LogP contribution < -0.4 is 0 Å². The monoisotopic (exact) mass is 297 g/mol. The second kappa shape index (κ2) is 6.98. The summed E-state index contributed by atoms with van der Waals surface area (Å²) in [6.45, 7) is 2.89. The molecule has 0 spiro atoms. The Kier molecular flexibility index (Phi) is 5.04. The molecule has 0 atom stereocenters. The maximum Gasteiger partial charge on any atom is 0.327 e. The van der Waals surface area contributed by atoms with Crippen molar-refractivity contribution in [1.82, 2.24) is 35.0 Å². The molecule has 0 N–H and O–H groups in total. The third kappa shape index (κ3) is 3.53. The van der Waals surface area contributed by atoms with Crippen LogP contribution in [0.4, 0.5) is 0 Å². The van der Waals surface area contributed by atoms with Gasteiger partial charge in [-0.1, -0.05) is 18.7 Å². The van der Waals surface area contributed by atoms with Crippen molar-refractivity contribution in [3.05, 3.63) is 12.2 Å². The van der Waals surface area contributed by atoms with Crippen molar-refractivity contribution in [2.75, 3.05) is 7.11 Å². The lowest BCUT2D eigenvalue weighted by Gasteiger charge is -2.04. The minimum atomic E-state index is -0.395. The van der Waals surface area contributed by atoms with E-state index in [-0.39, 0.29) is 6.54 Å². The first kappa shape index (κ1) is 14.4.